The summed E-state index contributed by atoms with van der Waals surface area (Å²) < 4.78 is 1.94. The lowest BCUT2D eigenvalue weighted by Crippen LogP contribution is -2.48. The van der Waals surface area contributed by atoms with Crippen molar-refractivity contribution in [1.29, 1.82) is 0 Å². The van der Waals surface area contributed by atoms with Crippen molar-refractivity contribution in [1.82, 2.24) is 25.1 Å². The summed E-state index contributed by atoms with van der Waals surface area (Å²) in [5.41, 5.74) is 3.70. The van der Waals surface area contributed by atoms with E-state index < -0.39 is 0 Å². The van der Waals surface area contributed by atoms with Gasteiger partial charge in [0.05, 0.1) is 12.1 Å². The fourth-order valence-corrected chi connectivity index (χ4v) is 4.22. The van der Waals surface area contributed by atoms with Crippen LogP contribution in [0.5, 0.6) is 0 Å². The van der Waals surface area contributed by atoms with E-state index in [-0.39, 0.29) is 12.1 Å². The highest BCUT2D eigenvalue weighted by Crippen LogP contribution is 2.31. The van der Waals surface area contributed by atoms with E-state index >= 15 is 0 Å². The average Bonchev–Trinajstić information content (AvgIpc) is 3.21. The third-order valence-electron chi connectivity index (χ3n) is 5.56. The molecule has 1 aromatic heterocycles. The van der Waals surface area contributed by atoms with Crippen LogP contribution in [0, 0.1) is 6.92 Å². The number of halogens is 1. The second-order valence-electron chi connectivity index (χ2n) is 7.84. The molecule has 7 heteroatoms. The quantitative estimate of drug-likeness (QED) is 0.633. The van der Waals surface area contributed by atoms with Gasteiger partial charge in [-0.25, -0.2) is 4.68 Å². The number of hydrogen-bond acceptors (Lipinski definition) is 5. The molecule has 1 aliphatic rings. The fraction of sp³-hybridized carbons (Fsp3) is 0.409. The minimum atomic E-state index is 0.0382. The van der Waals surface area contributed by atoms with Gasteiger partial charge in [0.15, 0.2) is 5.82 Å². The molecule has 0 spiro atoms. The molecule has 1 aliphatic heterocycles. The van der Waals surface area contributed by atoms with Crippen molar-refractivity contribution in [2.75, 3.05) is 31.1 Å². The van der Waals surface area contributed by atoms with Gasteiger partial charge in [0, 0.05) is 36.9 Å². The maximum atomic E-state index is 6.25. The first-order valence-corrected chi connectivity index (χ1v) is 10.5. The Kier molecular flexibility index (Phi) is 5.83. The summed E-state index contributed by atoms with van der Waals surface area (Å²) in [6, 6.07) is 16.9. The Morgan fingerprint density at radius 1 is 0.966 bits per heavy atom. The summed E-state index contributed by atoms with van der Waals surface area (Å²) in [7, 11) is 0. The topological polar surface area (TPSA) is 50.1 Å². The number of piperazine rings is 1. The first kappa shape index (κ1) is 19.9. The summed E-state index contributed by atoms with van der Waals surface area (Å²) in [6.07, 6.45) is 0. The molecule has 1 fully saturated rings. The van der Waals surface area contributed by atoms with Gasteiger partial charge in [0.25, 0.3) is 0 Å². The molecule has 0 bridgehead atoms. The molecule has 1 saturated heterocycles. The molecule has 152 valence electrons. The Morgan fingerprint density at radius 3 is 2.38 bits per heavy atom. The van der Waals surface area contributed by atoms with Gasteiger partial charge in [-0.2, -0.15) is 0 Å². The number of tetrazole rings is 1. The van der Waals surface area contributed by atoms with Crippen LogP contribution in [0.15, 0.2) is 48.5 Å². The van der Waals surface area contributed by atoms with Crippen LogP contribution in [0.25, 0.3) is 0 Å². The van der Waals surface area contributed by atoms with E-state index in [1.54, 1.807) is 0 Å². The highest BCUT2D eigenvalue weighted by Gasteiger charge is 2.31. The Labute approximate surface area is 177 Å². The zero-order valence-electron chi connectivity index (χ0n) is 17.2. The van der Waals surface area contributed by atoms with E-state index in [1.165, 1.54) is 16.8 Å². The molecule has 1 atom stereocenters. The van der Waals surface area contributed by atoms with Gasteiger partial charge in [-0.3, -0.25) is 4.90 Å². The van der Waals surface area contributed by atoms with E-state index in [0.29, 0.717) is 0 Å². The smallest absolute Gasteiger partial charge is 0.173 e. The normalized spacial score (nSPS) is 16.4. The van der Waals surface area contributed by atoms with E-state index in [9.17, 15) is 0 Å². The summed E-state index contributed by atoms with van der Waals surface area (Å²) >= 11 is 6.25. The Balaban J connectivity index is 1.60. The number of hydrogen-bond donors (Lipinski definition) is 0. The van der Waals surface area contributed by atoms with Crippen LogP contribution >= 0.6 is 11.6 Å². The summed E-state index contributed by atoms with van der Waals surface area (Å²) in [4.78, 5) is 4.90. The van der Waals surface area contributed by atoms with Crippen LogP contribution in [-0.2, 0) is 0 Å². The molecule has 0 aliphatic carbocycles. The highest BCUT2D eigenvalue weighted by atomic mass is 35.5. The Bertz CT molecular complexity index is 947. The van der Waals surface area contributed by atoms with Gasteiger partial charge in [0.1, 0.15) is 0 Å². The van der Waals surface area contributed by atoms with Gasteiger partial charge in [-0.05, 0) is 54.5 Å². The molecule has 29 heavy (non-hydrogen) atoms. The molecular weight excluding hydrogens is 384 g/mol. The number of rotatable bonds is 5. The molecular formula is C22H27ClN6. The lowest BCUT2D eigenvalue weighted by atomic mass is 10.0. The van der Waals surface area contributed by atoms with Crippen molar-refractivity contribution >= 4 is 17.3 Å². The fourth-order valence-electron chi connectivity index (χ4n) is 4.05. The number of aromatic nitrogens is 4. The van der Waals surface area contributed by atoms with Crippen molar-refractivity contribution in [3.63, 3.8) is 0 Å². The molecule has 2 aromatic carbocycles. The summed E-state index contributed by atoms with van der Waals surface area (Å²) in [5, 5.41) is 13.4. The standard InChI is InChI=1S/C22H27ClN6/c1-16(2)29-22(24-25-26-29)21(18-7-5-4-6-8-18)28-13-11-27(12-14-28)20-15-19(23)10-9-17(20)3/h4-10,15-16,21H,11-14H2,1-3H3. The predicted molar refractivity (Wildman–Crippen MR) is 116 cm³/mol. The Morgan fingerprint density at radius 2 is 1.69 bits per heavy atom. The number of nitrogens with zero attached hydrogens (tertiary/aromatic N) is 6. The predicted octanol–water partition coefficient (Wildman–Crippen LogP) is 4.13. The maximum Gasteiger partial charge on any atom is 0.173 e. The summed E-state index contributed by atoms with van der Waals surface area (Å²) in [5.74, 6) is 0.901. The van der Waals surface area contributed by atoms with E-state index in [0.717, 1.165) is 37.0 Å². The van der Waals surface area contributed by atoms with Crippen molar-refractivity contribution < 1.29 is 0 Å². The molecule has 0 amide bonds. The molecule has 1 unspecified atom stereocenters. The van der Waals surface area contributed by atoms with Gasteiger partial charge in [-0.1, -0.05) is 48.0 Å². The highest BCUT2D eigenvalue weighted by molar-refractivity contribution is 6.30. The molecule has 6 nitrogen and oxygen atoms in total. The van der Waals surface area contributed by atoms with Gasteiger partial charge < -0.3 is 4.90 Å². The zero-order valence-corrected chi connectivity index (χ0v) is 17.9. The minimum absolute atomic E-state index is 0.0382. The number of aryl methyl sites for hydroxylation is 1. The van der Waals surface area contributed by atoms with Crippen LogP contribution in [0.4, 0.5) is 5.69 Å². The monoisotopic (exact) mass is 410 g/mol. The lowest BCUT2D eigenvalue weighted by Gasteiger charge is -2.40. The van der Waals surface area contributed by atoms with Crippen LogP contribution in [0.1, 0.15) is 42.9 Å². The van der Waals surface area contributed by atoms with Crippen LogP contribution in [-0.4, -0.2) is 51.3 Å². The molecule has 3 aromatic rings. The molecule has 2 heterocycles. The zero-order chi connectivity index (χ0) is 20.4. The third-order valence-corrected chi connectivity index (χ3v) is 5.79. The molecule has 0 radical (unpaired) electrons. The lowest BCUT2D eigenvalue weighted by molar-refractivity contribution is 0.199. The van der Waals surface area contributed by atoms with Crippen LogP contribution in [0.2, 0.25) is 5.02 Å². The van der Waals surface area contributed by atoms with Crippen molar-refractivity contribution in [3.05, 3.63) is 70.5 Å². The minimum Gasteiger partial charge on any atom is -0.369 e. The number of anilines is 1. The first-order valence-electron chi connectivity index (χ1n) is 10.1. The second-order valence-corrected chi connectivity index (χ2v) is 8.28. The van der Waals surface area contributed by atoms with Crippen LogP contribution in [0.3, 0.4) is 0 Å². The molecule has 4 rings (SSSR count). The van der Waals surface area contributed by atoms with Gasteiger partial charge >= 0.3 is 0 Å². The first-order chi connectivity index (χ1) is 14.0. The van der Waals surface area contributed by atoms with Gasteiger partial charge in [-0.15, -0.1) is 5.10 Å². The third kappa shape index (κ3) is 4.14. The van der Waals surface area contributed by atoms with Crippen molar-refractivity contribution in [2.24, 2.45) is 0 Å². The van der Waals surface area contributed by atoms with E-state index in [2.05, 4.69) is 82.5 Å². The largest absolute Gasteiger partial charge is 0.369 e. The van der Waals surface area contributed by atoms with Crippen LogP contribution < -0.4 is 4.90 Å². The van der Waals surface area contributed by atoms with Gasteiger partial charge in [0.2, 0.25) is 0 Å². The number of benzene rings is 2. The van der Waals surface area contributed by atoms with E-state index in [1.807, 2.05) is 16.8 Å². The summed E-state index contributed by atoms with van der Waals surface area (Å²) in [6.45, 7) is 10.1. The van der Waals surface area contributed by atoms with E-state index in [4.69, 9.17) is 11.6 Å². The average molecular weight is 411 g/mol. The Hall–Kier alpha value is -2.44. The SMILES string of the molecule is Cc1ccc(Cl)cc1N1CCN(C(c2ccccc2)c2nnnn2C(C)C)CC1. The molecule has 0 N–H and O–H groups in total. The second kappa shape index (κ2) is 8.51. The van der Waals surface area contributed by atoms with Crippen molar-refractivity contribution in [2.45, 2.75) is 32.9 Å². The molecule has 0 saturated carbocycles. The maximum absolute atomic E-state index is 6.25. The van der Waals surface area contributed by atoms with Crippen molar-refractivity contribution in [3.8, 4) is 0 Å².